The van der Waals surface area contributed by atoms with Crippen LogP contribution in [-0.4, -0.2) is 26.8 Å². The third-order valence-electron chi connectivity index (χ3n) is 4.54. The largest absolute Gasteiger partial charge is 0.331 e. The number of rotatable bonds is 3. The third-order valence-corrected chi connectivity index (χ3v) is 5.77. The van der Waals surface area contributed by atoms with Gasteiger partial charge in [-0.25, -0.2) is 9.36 Å². The highest BCUT2D eigenvalue weighted by molar-refractivity contribution is 8.00. The third kappa shape index (κ3) is 3.69. The molecule has 27 heavy (non-hydrogen) atoms. The summed E-state index contributed by atoms with van der Waals surface area (Å²) in [5, 5.41) is 9.51. The van der Waals surface area contributed by atoms with Crippen LogP contribution in [0.3, 0.4) is 0 Å². The van der Waals surface area contributed by atoms with Crippen molar-refractivity contribution in [1.82, 2.24) is 9.13 Å². The van der Waals surface area contributed by atoms with Crippen molar-refractivity contribution in [3.63, 3.8) is 0 Å². The molecule has 1 atom stereocenters. The van der Waals surface area contributed by atoms with Crippen molar-refractivity contribution < 1.29 is 4.79 Å². The fraction of sp³-hybridized carbons (Fsp3) is 0.368. The number of aryl methyl sites for hydroxylation is 1. The number of fused-ring (bicyclic) bond motifs is 1. The molecule has 1 unspecified atom stereocenters. The van der Waals surface area contributed by atoms with Crippen molar-refractivity contribution in [1.29, 1.82) is 5.26 Å². The van der Waals surface area contributed by atoms with Gasteiger partial charge in [-0.15, -0.1) is 11.8 Å². The van der Waals surface area contributed by atoms with Crippen molar-refractivity contribution in [3.05, 3.63) is 56.9 Å². The van der Waals surface area contributed by atoms with E-state index in [2.05, 4.69) is 6.92 Å². The topological polar surface area (TPSA) is 88.1 Å². The Kier molecular flexibility index (Phi) is 5.51. The zero-order valence-corrected chi connectivity index (χ0v) is 16.0. The Morgan fingerprint density at radius 2 is 2.07 bits per heavy atom. The van der Waals surface area contributed by atoms with Crippen molar-refractivity contribution in [3.8, 4) is 6.07 Å². The van der Waals surface area contributed by atoms with Crippen LogP contribution in [0.15, 0.2) is 44.9 Å². The van der Waals surface area contributed by atoms with Gasteiger partial charge in [-0.05, 0) is 25.5 Å². The summed E-state index contributed by atoms with van der Waals surface area (Å²) >= 11 is 1.71. The van der Waals surface area contributed by atoms with Crippen LogP contribution in [-0.2, 0) is 17.9 Å². The van der Waals surface area contributed by atoms with Gasteiger partial charge in [-0.3, -0.25) is 14.2 Å². The van der Waals surface area contributed by atoms with Crippen LogP contribution in [0.4, 0.5) is 5.69 Å². The van der Waals surface area contributed by atoms with E-state index in [0.29, 0.717) is 18.3 Å². The Labute approximate surface area is 160 Å². The van der Waals surface area contributed by atoms with Crippen LogP contribution in [0.5, 0.6) is 0 Å². The van der Waals surface area contributed by atoms with Gasteiger partial charge in [-0.2, -0.15) is 5.26 Å². The first-order chi connectivity index (χ1) is 13.0. The number of para-hydroxylation sites is 1. The molecule has 2 aromatic rings. The predicted molar refractivity (Wildman–Crippen MR) is 104 cm³/mol. The summed E-state index contributed by atoms with van der Waals surface area (Å²) in [6.07, 6.45) is 2.04. The second-order valence-electron chi connectivity index (χ2n) is 6.34. The molecule has 1 aliphatic heterocycles. The average Bonchev–Trinajstić information content (AvgIpc) is 2.83. The molecule has 140 valence electrons. The molecule has 3 rings (SSSR count). The first-order valence-electron chi connectivity index (χ1n) is 8.76. The maximum atomic E-state index is 13.0. The molecule has 0 radical (unpaired) electrons. The lowest BCUT2D eigenvalue weighted by Crippen LogP contribution is -2.45. The quantitative estimate of drug-likeness (QED) is 0.805. The average molecular weight is 384 g/mol. The standard InChI is InChI=1S/C19H20N4O3S/c1-3-21-11-14(10-20)18(25)23(19(21)26)12-17(24)22-9-8-13(2)27-16-7-5-4-6-15(16)22/h4-7,11,13H,3,8-9,12H2,1-2H3. The van der Waals surface area contributed by atoms with Crippen molar-refractivity contribution in [2.24, 2.45) is 0 Å². The molecule has 8 heteroatoms. The zero-order valence-electron chi connectivity index (χ0n) is 15.2. The minimum atomic E-state index is -0.730. The number of carbonyl (C=O) groups is 1. The molecule has 0 fully saturated rings. The highest BCUT2D eigenvalue weighted by atomic mass is 32.2. The fourth-order valence-corrected chi connectivity index (χ4v) is 4.18. The summed E-state index contributed by atoms with van der Waals surface area (Å²) in [6.45, 7) is 4.28. The Morgan fingerprint density at radius 3 is 2.78 bits per heavy atom. The Hall–Kier alpha value is -2.79. The summed E-state index contributed by atoms with van der Waals surface area (Å²) in [7, 11) is 0. The maximum Gasteiger partial charge on any atom is 0.331 e. The number of aromatic nitrogens is 2. The van der Waals surface area contributed by atoms with Crippen LogP contribution >= 0.6 is 11.8 Å². The zero-order chi connectivity index (χ0) is 19.6. The van der Waals surface area contributed by atoms with E-state index in [9.17, 15) is 14.4 Å². The first kappa shape index (κ1) is 19.0. The SMILES string of the molecule is CCn1cc(C#N)c(=O)n(CC(=O)N2CCC(C)Sc3ccccc32)c1=O. The van der Waals surface area contributed by atoms with Crippen molar-refractivity contribution in [2.45, 2.75) is 43.5 Å². The number of hydrogen-bond acceptors (Lipinski definition) is 5. The molecular weight excluding hydrogens is 364 g/mol. The van der Waals surface area contributed by atoms with Crippen molar-refractivity contribution in [2.75, 3.05) is 11.4 Å². The van der Waals surface area contributed by atoms with E-state index in [4.69, 9.17) is 5.26 Å². The summed E-state index contributed by atoms with van der Waals surface area (Å²) in [4.78, 5) is 40.6. The number of benzene rings is 1. The molecule has 1 aliphatic rings. The number of nitriles is 1. The van der Waals surface area contributed by atoms with Crippen LogP contribution in [0, 0.1) is 11.3 Å². The minimum Gasteiger partial charge on any atom is -0.310 e. The summed E-state index contributed by atoms with van der Waals surface area (Å²) in [6, 6.07) is 9.43. The lowest BCUT2D eigenvalue weighted by Gasteiger charge is -2.23. The molecule has 1 aromatic carbocycles. The Balaban J connectivity index is 2.01. The highest BCUT2D eigenvalue weighted by Gasteiger charge is 2.25. The molecule has 1 amide bonds. The van der Waals surface area contributed by atoms with E-state index in [1.807, 2.05) is 24.3 Å². The van der Waals surface area contributed by atoms with Crippen LogP contribution in [0.1, 0.15) is 25.8 Å². The molecule has 0 saturated carbocycles. The van der Waals surface area contributed by atoms with Gasteiger partial charge < -0.3 is 4.90 Å². The molecule has 0 saturated heterocycles. The van der Waals surface area contributed by atoms with E-state index in [1.54, 1.807) is 29.7 Å². The Bertz CT molecular complexity index is 1030. The molecular formula is C19H20N4O3S. The van der Waals surface area contributed by atoms with Gasteiger partial charge in [-0.1, -0.05) is 19.1 Å². The van der Waals surface area contributed by atoms with Crippen LogP contribution < -0.4 is 16.1 Å². The lowest BCUT2D eigenvalue weighted by atomic mass is 10.2. The van der Waals surface area contributed by atoms with Crippen molar-refractivity contribution >= 4 is 23.4 Å². The number of thioether (sulfide) groups is 1. The monoisotopic (exact) mass is 384 g/mol. The van der Waals surface area contributed by atoms with Gasteiger partial charge in [0.15, 0.2) is 0 Å². The Morgan fingerprint density at radius 1 is 1.33 bits per heavy atom. The van der Waals surface area contributed by atoms with Gasteiger partial charge >= 0.3 is 5.69 Å². The molecule has 1 aromatic heterocycles. The van der Waals surface area contributed by atoms with Gasteiger partial charge in [0.1, 0.15) is 18.2 Å². The minimum absolute atomic E-state index is 0.148. The van der Waals surface area contributed by atoms with E-state index in [0.717, 1.165) is 21.6 Å². The fourth-order valence-electron chi connectivity index (χ4n) is 3.06. The second-order valence-corrected chi connectivity index (χ2v) is 7.82. The number of nitrogens with zero attached hydrogens (tertiary/aromatic N) is 4. The van der Waals surface area contributed by atoms with E-state index < -0.39 is 11.2 Å². The van der Waals surface area contributed by atoms with Gasteiger partial charge in [0.25, 0.3) is 5.56 Å². The van der Waals surface area contributed by atoms with E-state index >= 15 is 0 Å². The van der Waals surface area contributed by atoms with Crippen LogP contribution in [0.25, 0.3) is 0 Å². The molecule has 7 nitrogen and oxygen atoms in total. The molecule has 0 aliphatic carbocycles. The van der Waals surface area contributed by atoms with Gasteiger partial charge in [0.2, 0.25) is 5.91 Å². The number of anilines is 1. The molecule has 0 spiro atoms. The second kappa shape index (κ2) is 7.84. The van der Waals surface area contributed by atoms with Crippen LogP contribution in [0.2, 0.25) is 0 Å². The molecule has 0 N–H and O–H groups in total. The normalized spacial score (nSPS) is 16.3. The maximum absolute atomic E-state index is 13.0. The van der Waals surface area contributed by atoms with Gasteiger partial charge in [0.05, 0.1) is 5.69 Å². The highest BCUT2D eigenvalue weighted by Crippen LogP contribution is 2.37. The molecule has 0 bridgehead atoms. The van der Waals surface area contributed by atoms with E-state index in [-0.39, 0.29) is 18.0 Å². The summed E-state index contributed by atoms with van der Waals surface area (Å²) in [5.74, 6) is -0.339. The van der Waals surface area contributed by atoms with E-state index in [1.165, 1.54) is 10.8 Å². The number of carbonyl (C=O) groups excluding carboxylic acids is 1. The summed E-state index contributed by atoms with van der Waals surface area (Å²) in [5.41, 5.74) is -0.672. The number of hydrogen-bond donors (Lipinski definition) is 0. The lowest BCUT2D eigenvalue weighted by molar-refractivity contribution is -0.119. The summed E-state index contributed by atoms with van der Waals surface area (Å²) < 4.78 is 2.12. The molecule has 2 heterocycles. The smallest absolute Gasteiger partial charge is 0.310 e. The predicted octanol–water partition coefficient (Wildman–Crippen LogP) is 1.82. The number of amides is 1. The first-order valence-corrected chi connectivity index (χ1v) is 9.64. The van der Waals surface area contributed by atoms with Gasteiger partial charge in [0, 0.05) is 29.4 Å².